The number of carboxylic acid groups (broad SMARTS) is 1. The second kappa shape index (κ2) is 10.2. The van der Waals surface area contributed by atoms with Crippen molar-refractivity contribution in [2.75, 3.05) is 12.3 Å². The van der Waals surface area contributed by atoms with E-state index >= 15 is 0 Å². The fourth-order valence-electron chi connectivity index (χ4n) is 5.11. The van der Waals surface area contributed by atoms with E-state index in [0.29, 0.717) is 48.2 Å². The highest BCUT2D eigenvalue weighted by molar-refractivity contribution is 9.10. The highest BCUT2D eigenvalue weighted by Gasteiger charge is 2.34. The van der Waals surface area contributed by atoms with Gasteiger partial charge in [-0.2, -0.15) is 14.7 Å². The summed E-state index contributed by atoms with van der Waals surface area (Å²) < 4.78 is 17.9. The first-order valence-corrected chi connectivity index (χ1v) is 12.9. The summed E-state index contributed by atoms with van der Waals surface area (Å²) >= 11 is 3.58. The molecule has 4 heterocycles. The minimum Gasteiger partial charge on any atom is -0.479 e. The van der Waals surface area contributed by atoms with Crippen molar-refractivity contribution in [3.8, 4) is 22.4 Å². The Morgan fingerprint density at radius 2 is 1.97 bits per heavy atom. The van der Waals surface area contributed by atoms with E-state index in [1.807, 2.05) is 19.2 Å². The second-order valence-electron chi connectivity index (χ2n) is 9.45. The van der Waals surface area contributed by atoms with Crippen molar-refractivity contribution in [2.45, 2.75) is 51.2 Å². The molecule has 1 aliphatic rings. The van der Waals surface area contributed by atoms with E-state index in [0.717, 1.165) is 33.6 Å². The van der Waals surface area contributed by atoms with Gasteiger partial charge in [0.05, 0.1) is 41.4 Å². The van der Waals surface area contributed by atoms with Crippen molar-refractivity contribution >= 4 is 33.4 Å². The second-order valence-corrected chi connectivity index (χ2v) is 10.2. The lowest BCUT2D eigenvalue weighted by Gasteiger charge is -2.29. The summed E-state index contributed by atoms with van der Waals surface area (Å²) in [7, 11) is 0. The SMILES string of the molecule is Cc1cc(-c2cnn3c(N)c(Br)c(C4CCC(C(F)C(=O)O)CC4)nc23)cnc1-c1cnn(CCO)c1. The van der Waals surface area contributed by atoms with E-state index in [1.54, 1.807) is 27.8 Å². The average molecular weight is 572 g/mol. The molecular weight excluding hydrogens is 545 g/mol. The minimum absolute atomic E-state index is 0.00950. The quantitative estimate of drug-likeness (QED) is 0.302. The summed E-state index contributed by atoms with van der Waals surface area (Å²) in [6.07, 6.45) is 7.42. The Hall–Kier alpha value is -3.38. The van der Waals surface area contributed by atoms with Crippen molar-refractivity contribution in [1.29, 1.82) is 0 Å². The van der Waals surface area contributed by atoms with Gasteiger partial charge in [0.2, 0.25) is 0 Å². The molecule has 1 aliphatic carbocycles. The molecule has 0 aliphatic heterocycles. The van der Waals surface area contributed by atoms with Crippen LogP contribution < -0.4 is 5.73 Å². The van der Waals surface area contributed by atoms with Crippen LogP contribution in [0.2, 0.25) is 0 Å². The van der Waals surface area contributed by atoms with Crippen LogP contribution in [0.3, 0.4) is 0 Å². The Kier molecular flexibility index (Phi) is 6.95. The van der Waals surface area contributed by atoms with Gasteiger partial charge in [-0.25, -0.2) is 14.2 Å². The highest BCUT2D eigenvalue weighted by Crippen LogP contribution is 2.42. The first-order valence-electron chi connectivity index (χ1n) is 12.1. The van der Waals surface area contributed by atoms with E-state index in [9.17, 15) is 9.18 Å². The fraction of sp³-hybridized carbons (Fsp3) is 0.400. The molecule has 4 aromatic heterocycles. The normalized spacial score (nSPS) is 18.8. The summed E-state index contributed by atoms with van der Waals surface area (Å²) in [5.74, 6) is -1.44. The predicted molar refractivity (Wildman–Crippen MR) is 139 cm³/mol. The number of aryl methyl sites for hydroxylation is 1. The highest BCUT2D eigenvalue weighted by atomic mass is 79.9. The molecule has 10 nitrogen and oxygen atoms in total. The van der Waals surface area contributed by atoms with E-state index < -0.39 is 18.1 Å². The summed E-state index contributed by atoms with van der Waals surface area (Å²) in [6.45, 7) is 2.40. The number of fused-ring (bicyclic) bond motifs is 1. The van der Waals surface area contributed by atoms with Crippen LogP contribution in [0.4, 0.5) is 10.2 Å². The van der Waals surface area contributed by atoms with E-state index in [-0.39, 0.29) is 12.5 Å². The lowest BCUT2D eigenvalue weighted by atomic mass is 9.78. The van der Waals surface area contributed by atoms with Crippen LogP contribution in [0, 0.1) is 12.8 Å². The number of nitrogens with two attached hydrogens (primary N) is 1. The molecule has 194 valence electrons. The van der Waals surface area contributed by atoms with Crippen LogP contribution in [-0.2, 0) is 11.3 Å². The van der Waals surface area contributed by atoms with E-state index in [1.165, 1.54) is 0 Å². The molecule has 0 amide bonds. The first kappa shape index (κ1) is 25.3. The zero-order chi connectivity index (χ0) is 26.3. The molecular formula is C25H27BrFN7O3. The summed E-state index contributed by atoms with van der Waals surface area (Å²) in [5.41, 5.74) is 12.0. The molecule has 1 unspecified atom stereocenters. The van der Waals surface area contributed by atoms with E-state index in [4.69, 9.17) is 20.9 Å². The number of anilines is 1. The molecule has 12 heteroatoms. The molecule has 4 N–H and O–H groups in total. The summed E-state index contributed by atoms with van der Waals surface area (Å²) in [5, 5.41) is 26.9. The number of carbonyl (C=O) groups is 1. The number of aromatic nitrogens is 6. The zero-order valence-corrected chi connectivity index (χ0v) is 21.8. The van der Waals surface area contributed by atoms with Gasteiger partial charge in [0.15, 0.2) is 11.8 Å². The number of nitrogen functional groups attached to an aromatic ring is 1. The van der Waals surface area contributed by atoms with Crippen LogP contribution in [0.15, 0.2) is 35.3 Å². The maximum Gasteiger partial charge on any atom is 0.338 e. The Labute approximate surface area is 220 Å². The third-order valence-electron chi connectivity index (χ3n) is 7.08. The lowest BCUT2D eigenvalue weighted by Crippen LogP contribution is -2.28. The van der Waals surface area contributed by atoms with Crippen molar-refractivity contribution in [3.05, 3.63) is 46.6 Å². The van der Waals surface area contributed by atoms with Gasteiger partial charge in [0.1, 0.15) is 5.82 Å². The number of rotatable bonds is 7. The van der Waals surface area contributed by atoms with Gasteiger partial charge in [-0.05, 0) is 60.2 Å². The maximum atomic E-state index is 14.0. The molecule has 0 aromatic carbocycles. The van der Waals surface area contributed by atoms with Crippen LogP contribution in [0.1, 0.15) is 42.9 Å². The van der Waals surface area contributed by atoms with Crippen molar-refractivity contribution in [3.63, 3.8) is 0 Å². The number of nitrogens with zero attached hydrogens (tertiary/aromatic N) is 6. The smallest absolute Gasteiger partial charge is 0.338 e. The number of aliphatic hydroxyl groups excluding tert-OH is 1. The number of hydrogen-bond donors (Lipinski definition) is 3. The summed E-state index contributed by atoms with van der Waals surface area (Å²) in [4.78, 5) is 20.7. The number of hydrogen-bond acceptors (Lipinski definition) is 7. The molecule has 1 fully saturated rings. The van der Waals surface area contributed by atoms with Crippen molar-refractivity contribution in [1.82, 2.24) is 29.4 Å². The van der Waals surface area contributed by atoms with Gasteiger partial charge in [0.25, 0.3) is 0 Å². The van der Waals surface area contributed by atoms with Crippen LogP contribution in [0.5, 0.6) is 0 Å². The maximum absolute atomic E-state index is 14.0. The largest absolute Gasteiger partial charge is 0.479 e. The monoisotopic (exact) mass is 571 g/mol. The molecule has 0 radical (unpaired) electrons. The molecule has 0 saturated heterocycles. The molecule has 4 aromatic rings. The Bertz CT molecular complexity index is 1460. The van der Waals surface area contributed by atoms with Gasteiger partial charge in [-0.3, -0.25) is 9.67 Å². The number of aliphatic hydroxyl groups is 1. The third-order valence-corrected chi connectivity index (χ3v) is 7.89. The number of carboxylic acids is 1. The van der Waals surface area contributed by atoms with Crippen LogP contribution in [-0.4, -0.2) is 58.3 Å². The molecule has 1 saturated carbocycles. The van der Waals surface area contributed by atoms with Gasteiger partial charge >= 0.3 is 5.97 Å². The lowest BCUT2D eigenvalue weighted by molar-refractivity contribution is -0.145. The average Bonchev–Trinajstić information content (AvgIpc) is 3.53. The van der Waals surface area contributed by atoms with Crippen molar-refractivity contribution < 1.29 is 19.4 Å². The van der Waals surface area contributed by atoms with Crippen LogP contribution >= 0.6 is 15.9 Å². The minimum atomic E-state index is -1.84. The van der Waals surface area contributed by atoms with E-state index in [2.05, 4.69) is 31.1 Å². The number of aliphatic carboxylic acids is 1. The Morgan fingerprint density at radius 3 is 2.65 bits per heavy atom. The van der Waals surface area contributed by atoms with Gasteiger partial charge in [-0.1, -0.05) is 0 Å². The van der Waals surface area contributed by atoms with Gasteiger partial charge < -0.3 is 15.9 Å². The molecule has 5 rings (SSSR count). The van der Waals surface area contributed by atoms with Crippen molar-refractivity contribution in [2.24, 2.45) is 5.92 Å². The summed E-state index contributed by atoms with van der Waals surface area (Å²) in [6, 6.07) is 2.01. The molecule has 37 heavy (non-hydrogen) atoms. The number of alkyl halides is 1. The zero-order valence-electron chi connectivity index (χ0n) is 20.2. The number of halogens is 2. The Morgan fingerprint density at radius 1 is 1.22 bits per heavy atom. The van der Waals surface area contributed by atoms with Gasteiger partial charge in [-0.15, -0.1) is 0 Å². The number of pyridine rings is 1. The molecule has 1 atom stereocenters. The predicted octanol–water partition coefficient (Wildman–Crippen LogP) is 4.00. The topological polar surface area (TPSA) is 144 Å². The standard InChI is InChI=1S/C25H27BrFN7O3/c1-13-8-16(9-29-21(13)17-10-30-33(12-17)6-7-35)18-11-31-34-23(28)19(26)22(32-24(18)34)15-4-2-14(3-5-15)20(27)25(36)37/h8-12,14-15,20,35H,2-7,28H2,1H3,(H,36,37). The first-order chi connectivity index (χ1) is 17.8. The third kappa shape index (κ3) is 4.71. The molecule has 0 spiro atoms. The van der Waals surface area contributed by atoms with Gasteiger partial charge in [0, 0.05) is 40.9 Å². The fourth-order valence-corrected chi connectivity index (χ4v) is 5.69. The Balaban J connectivity index is 1.46. The van der Waals surface area contributed by atoms with Crippen LogP contribution in [0.25, 0.3) is 28.0 Å². The molecule has 0 bridgehead atoms.